The number of ether oxygens (including phenoxy) is 2. The van der Waals surface area contributed by atoms with Gasteiger partial charge in [0.1, 0.15) is 0 Å². The van der Waals surface area contributed by atoms with E-state index in [0.29, 0.717) is 22.9 Å². The summed E-state index contributed by atoms with van der Waals surface area (Å²) in [7, 11) is 1.61. The summed E-state index contributed by atoms with van der Waals surface area (Å²) < 4.78 is 11.5. The minimum Gasteiger partial charge on any atom is -0.493 e. The van der Waals surface area contributed by atoms with Gasteiger partial charge in [0.05, 0.1) is 24.6 Å². The Morgan fingerprint density at radius 3 is 2.55 bits per heavy atom. The first-order chi connectivity index (χ1) is 14.1. The summed E-state index contributed by atoms with van der Waals surface area (Å²) >= 11 is 0. The fourth-order valence-electron chi connectivity index (χ4n) is 3.49. The second-order valence-electron chi connectivity index (χ2n) is 7.10. The molecule has 7 nitrogen and oxygen atoms in total. The summed E-state index contributed by atoms with van der Waals surface area (Å²) in [4.78, 5) is 14.3. The lowest BCUT2D eigenvalue weighted by Gasteiger charge is -2.17. The second kappa shape index (κ2) is 8.34. The molecule has 0 saturated heterocycles. The van der Waals surface area contributed by atoms with E-state index >= 15 is 0 Å². The van der Waals surface area contributed by atoms with Gasteiger partial charge in [-0.15, -0.1) is 5.10 Å². The first-order valence-electron chi connectivity index (χ1n) is 9.79. The van der Waals surface area contributed by atoms with E-state index in [4.69, 9.17) is 9.47 Å². The SMILES string of the molecule is COc1ccc(NC(=O)c2nn(-c3ccccc3)nc2C)cc1OC1CCCC1. The minimum atomic E-state index is -0.318. The number of amides is 1. The van der Waals surface area contributed by atoms with E-state index < -0.39 is 0 Å². The lowest BCUT2D eigenvalue weighted by molar-refractivity contribution is 0.102. The number of nitrogens with zero attached hydrogens (tertiary/aromatic N) is 3. The van der Waals surface area contributed by atoms with Crippen LogP contribution in [-0.4, -0.2) is 34.1 Å². The highest BCUT2D eigenvalue weighted by Crippen LogP contribution is 2.34. The predicted molar refractivity (Wildman–Crippen MR) is 110 cm³/mol. The van der Waals surface area contributed by atoms with Gasteiger partial charge in [-0.3, -0.25) is 4.79 Å². The van der Waals surface area contributed by atoms with Crippen LogP contribution in [0.4, 0.5) is 5.69 Å². The van der Waals surface area contributed by atoms with Crippen molar-refractivity contribution in [3.63, 3.8) is 0 Å². The molecule has 0 atom stereocenters. The average molecular weight is 392 g/mol. The van der Waals surface area contributed by atoms with Gasteiger partial charge in [0.15, 0.2) is 17.2 Å². The first kappa shape index (κ1) is 19.0. The fourth-order valence-corrected chi connectivity index (χ4v) is 3.49. The van der Waals surface area contributed by atoms with Gasteiger partial charge < -0.3 is 14.8 Å². The highest BCUT2D eigenvalue weighted by Gasteiger charge is 2.20. The number of rotatable bonds is 6. The van der Waals surface area contributed by atoms with E-state index in [0.717, 1.165) is 18.5 Å². The number of anilines is 1. The summed E-state index contributed by atoms with van der Waals surface area (Å²) in [5.74, 6) is 0.977. The molecule has 0 aliphatic heterocycles. The molecule has 2 aromatic carbocycles. The quantitative estimate of drug-likeness (QED) is 0.682. The lowest BCUT2D eigenvalue weighted by Crippen LogP contribution is -2.15. The molecule has 1 aliphatic rings. The maximum atomic E-state index is 12.8. The molecular weight excluding hydrogens is 368 g/mol. The van der Waals surface area contributed by atoms with Gasteiger partial charge in [-0.25, -0.2) is 0 Å². The van der Waals surface area contributed by atoms with Crippen LogP contribution in [0, 0.1) is 6.92 Å². The van der Waals surface area contributed by atoms with Crippen molar-refractivity contribution in [1.82, 2.24) is 15.0 Å². The standard InChI is InChI=1S/C22H24N4O3/c1-15-21(25-26(24-15)17-8-4-3-5-9-17)22(27)23-16-12-13-19(28-2)20(14-16)29-18-10-6-7-11-18/h3-5,8-9,12-14,18H,6-7,10-11H2,1-2H3,(H,23,27). The lowest BCUT2D eigenvalue weighted by atomic mass is 10.2. The fraction of sp³-hybridized carbons (Fsp3) is 0.318. The molecule has 0 unspecified atom stereocenters. The molecule has 1 fully saturated rings. The molecule has 0 spiro atoms. The molecule has 1 aromatic heterocycles. The molecule has 1 amide bonds. The van der Waals surface area contributed by atoms with Crippen molar-refractivity contribution >= 4 is 11.6 Å². The van der Waals surface area contributed by atoms with Crippen molar-refractivity contribution in [3.8, 4) is 17.2 Å². The molecule has 29 heavy (non-hydrogen) atoms. The van der Waals surface area contributed by atoms with E-state index in [-0.39, 0.29) is 17.7 Å². The Morgan fingerprint density at radius 2 is 1.83 bits per heavy atom. The number of hydrogen-bond donors (Lipinski definition) is 1. The van der Waals surface area contributed by atoms with Crippen LogP contribution in [0.3, 0.4) is 0 Å². The van der Waals surface area contributed by atoms with Gasteiger partial charge in [-0.05, 0) is 56.9 Å². The van der Waals surface area contributed by atoms with Gasteiger partial charge in [-0.1, -0.05) is 18.2 Å². The zero-order chi connectivity index (χ0) is 20.2. The Hall–Kier alpha value is -3.35. The topological polar surface area (TPSA) is 78.3 Å². The molecule has 1 saturated carbocycles. The Kier molecular flexibility index (Phi) is 5.46. The third kappa shape index (κ3) is 4.23. The number of para-hydroxylation sites is 1. The first-order valence-corrected chi connectivity index (χ1v) is 9.79. The summed E-state index contributed by atoms with van der Waals surface area (Å²) in [6.07, 6.45) is 4.64. The summed E-state index contributed by atoms with van der Waals surface area (Å²) in [5, 5.41) is 11.6. The summed E-state index contributed by atoms with van der Waals surface area (Å²) in [6.45, 7) is 1.77. The van der Waals surface area contributed by atoms with Gasteiger partial charge >= 0.3 is 0 Å². The van der Waals surface area contributed by atoms with E-state index in [1.165, 1.54) is 17.6 Å². The third-order valence-corrected chi connectivity index (χ3v) is 5.00. The highest BCUT2D eigenvalue weighted by molar-refractivity contribution is 6.03. The van der Waals surface area contributed by atoms with Crippen LogP contribution in [0.25, 0.3) is 5.69 Å². The number of methoxy groups -OCH3 is 1. The zero-order valence-corrected chi connectivity index (χ0v) is 16.6. The third-order valence-electron chi connectivity index (χ3n) is 5.00. The number of hydrogen-bond acceptors (Lipinski definition) is 5. The van der Waals surface area contributed by atoms with Crippen LogP contribution >= 0.6 is 0 Å². The van der Waals surface area contributed by atoms with Gasteiger partial charge in [-0.2, -0.15) is 9.90 Å². The van der Waals surface area contributed by atoms with Crippen LogP contribution < -0.4 is 14.8 Å². The number of nitrogens with one attached hydrogen (secondary N) is 1. The van der Waals surface area contributed by atoms with Crippen LogP contribution in [-0.2, 0) is 0 Å². The van der Waals surface area contributed by atoms with Crippen molar-refractivity contribution in [2.24, 2.45) is 0 Å². The van der Waals surface area contributed by atoms with Crippen LogP contribution in [0.15, 0.2) is 48.5 Å². The van der Waals surface area contributed by atoms with E-state index in [2.05, 4.69) is 15.5 Å². The molecule has 1 N–H and O–H groups in total. The molecule has 150 valence electrons. The number of aryl methyl sites for hydroxylation is 1. The van der Waals surface area contributed by atoms with Crippen LogP contribution in [0.2, 0.25) is 0 Å². The summed E-state index contributed by atoms with van der Waals surface area (Å²) in [6, 6.07) is 14.9. The predicted octanol–water partition coefficient (Wildman–Crippen LogP) is 4.16. The van der Waals surface area contributed by atoms with E-state index in [1.807, 2.05) is 30.3 Å². The smallest absolute Gasteiger partial charge is 0.278 e. The Bertz CT molecular complexity index is 995. The van der Waals surface area contributed by atoms with Crippen LogP contribution in [0.1, 0.15) is 41.9 Å². The van der Waals surface area contributed by atoms with Crippen molar-refractivity contribution in [1.29, 1.82) is 0 Å². The maximum absolute atomic E-state index is 12.8. The molecule has 1 aliphatic carbocycles. The number of aromatic nitrogens is 3. The molecule has 0 radical (unpaired) electrons. The van der Waals surface area contributed by atoms with Gasteiger partial charge in [0.2, 0.25) is 0 Å². The number of carbonyl (C=O) groups is 1. The van der Waals surface area contributed by atoms with Gasteiger partial charge in [0, 0.05) is 11.8 Å². The number of carbonyl (C=O) groups excluding carboxylic acids is 1. The molecule has 7 heteroatoms. The molecule has 0 bridgehead atoms. The molecular formula is C22H24N4O3. The maximum Gasteiger partial charge on any atom is 0.278 e. The Balaban J connectivity index is 1.53. The Morgan fingerprint density at radius 1 is 1.07 bits per heavy atom. The van der Waals surface area contributed by atoms with Crippen molar-refractivity contribution < 1.29 is 14.3 Å². The van der Waals surface area contributed by atoms with E-state index in [9.17, 15) is 4.79 Å². The normalized spacial score (nSPS) is 14.0. The minimum absolute atomic E-state index is 0.197. The molecule has 1 heterocycles. The second-order valence-corrected chi connectivity index (χ2v) is 7.10. The molecule has 4 rings (SSSR count). The largest absolute Gasteiger partial charge is 0.493 e. The Labute approximate surface area is 169 Å². The molecule has 3 aromatic rings. The zero-order valence-electron chi connectivity index (χ0n) is 16.6. The van der Waals surface area contributed by atoms with Crippen molar-refractivity contribution in [2.45, 2.75) is 38.7 Å². The van der Waals surface area contributed by atoms with Crippen LogP contribution in [0.5, 0.6) is 11.5 Å². The summed E-state index contributed by atoms with van der Waals surface area (Å²) in [5.41, 5.74) is 2.26. The van der Waals surface area contributed by atoms with Gasteiger partial charge in [0.25, 0.3) is 5.91 Å². The van der Waals surface area contributed by atoms with Crippen molar-refractivity contribution in [2.75, 3.05) is 12.4 Å². The monoisotopic (exact) mass is 392 g/mol. The average Bonchev–Trinajstić information content (AvgIpc) is 3.38. The highest BCUT2D eigenvalue weighted by atomic mass is 16.5. The number of benzene rings is 2. The van der Waals surface area contributed by atoms with E-state index in [1.54, 1.807) is 32.2 Å². The van der Waals surface area contributed by atoms with Crippen molar-refractivity contribution in [3.05, 3.63) is 59.9 Å².